The van der Waals surface area contributed by atoms with Crippen molar-refractivity contribution in [3.8, 4) is 0 Å². The van der Waals surface area contributed by atoms with Gasteiger partial charge < -0.3 is 5.11 Å². The van der Waals surface area contributed by atoms with Crippen LogP contribution in [0.25, 0.3) is 0 Å². The quantitative estimate of drug-likeness (QED) is 0.885. The van der Waals surface area contributed by atoms with Gasteiger partial charge in [-0.1, -0.05) is 6.07 Å². The largest absolute Gasteiger partial charge is 0.388 e. The fourth-order valence-corrected chi connectivity index (χ4v) is 2.46. The van der Waals surface area contributed by atoms with Crippen molar-refractivity contribution in [3.63, 3.8) is 0 Å². The highest BCUT2D eigenvalue weighted by molar-refractivity contribution is 7.09. The van der Waals surface area contributed by atoms with Gasteiger partial charge in [-0.2, -0.15) is 5.10 Å². The topological polar surface area (TPSA) is 38.1 Å². The summed E-state index contributed by atoms with van der Waals surface area (Å²) in [6.07, 6.45) is 3.03. The molecule has 2 rings (SSSR count). The molecule has 2 aromatic heterocycles. The lowest BCUT2D eigenvalue weighted by atomic mass is 10.1. The van der Waals surface area contributed by atoms with Crippen LogP contribution in [0.1, 0.15) is 28.7 Å². The van der Waals surface area contributed by atoms with E-state index in [2.05, 4.69) is 16.5 Å². The Morgan fingerprint density at radius 3 is 2.94 bits per heavy atom. The highest BCUT2D eigenvalue weighted by atomic mass is 32.1. The lowest BCUT2D eigenvalue weighted by Crippen LogP contribution is -2.01. The van der Waals surface area contributed by atoms with Gasteiger partial charge in [0, 0.05) is 23.2 Å². The number of aliphatic hydroxyl groups excluding tert-OH is 1. The number of aryl methyl sites for hydroxylation is 2. The molecule has 0 amide bonds. The van der Waals surface area contributed by atoms with E-state index < -0.39 is 6.10 Å². The van der Waals surface area contributed by atoms with E-state index in [9.17, 15) is 5.11 Å². The Kier molecular flexibility index (Phi) is 3.41. The number of rotatable bonds is 4. The number of hydrogen-bond acceptors (Lipinski definition) is 3. The van der Waals surface area contributed by atoms with Crippen molar-refractivity contribution in [2.45, 2.75) is 25.9 Å². The molecule has 0 radical (unpaired) electrons. The average molecular weight is 236 g/mol. The third kappa shape index (κ3) is 2.33. The first-order valence-electron chi connectivity index (χ1n) is 5.37. The van der Waals surface area contributed by atoms with Crippen LogP contribution in [-0.4, -0.2) is 14.9 Å². The molecule has 0 aliphatic rings. The molecule has 1 unspecified atom stereocenters. The Hall–Kier alpha value is -1.13. The average Bonchev–Trinajstić information content (AvgIpc) is 2.88. The van der Waals surface area contributed by atoms with Gasteiger partial charge in [0.15, 0.2) is 0 Å². The molecular weight excluding hydrogens is 220 g/mol. The molecular formula is C12H16N2OS. The first-order valence-corrected chi connectivity index (χ1v) is 6.25. The Morgan fingerprint density at radius 1 is 1.56 bits per heavy atom. The zero-order valence-electron chi connectivity index (χ0n) is 9.55. The summed E-state index contributed by atoms with van der Waals surface area (Å²) in [6.45, 7) is 1.98. The monoisotopic (exact) mass is 236 g/mol. The van der Waals surface area contributed by atoms with Gasteiger partial charge in [-0.3, -0.25) is 4.68 Å². The van der Waals surface area contributed by atoms with Crippen LogP contribution in [0.4, 0.5) is 0 Å². The predicted molar refractivity (Wildman–Crippen MR) is 65.5 cm³/mol. The molecule has 0 aliphatic carbocycles. The zero-order valence-corrected chi connectivity index (χ0v) is 10.4. The van der Waals surface area contributed by atoms with Crippen LogP contribution in [0.3, 0.4) is 0 Å². The summed E-state index contributed by atoms with van der Waals surface area (Å²) in [5.74, 6) is 0. The molecule has 1 N–H and O–H groups in total. The van der Waals surface area contributed by atoms with Crippen LogP contribution in [0.2, 0.25) is 0 Å². The molecule has 1 atom stereocenters. The van der Waals surface area contributed by atoms with E-state index in [4.69, 9.17) is 0 Å². The Bertz CT molecular complexity index is 448. The van der Waals surface area contributed by atoms with Crippen molar-refractivity contribution >= 4 is 11.3 Å². The van der Waals surface area contributed by atoms with Crippen molar-refractivity contribution in [2.75, 3.05) is 0 Å². The highest BCUT2D eigenvalue weighted by Gasteiger charge is 2.13. The van der Waals surface area contributed by atoms with E-state index in [1.54, 1.807) is 22.2 Å². The van der Waals surface area contributed by atoms with Crippen molar-refractivity contribution in [3.05, 3.63) is 39.8 Å². The summed E-state index contributed by atoms with van der Waals surface area (Å²) >= 11 is 1.74. The van der Waals surface area contributed by atoms with Gasteiger partial charge >= 0.3 is 0 Å². The van der Waals surface area contributed by atoms with E-state index in [-0.39, 0.29) is 0 Å². The van der Waals surface area contributed by atoms with Gasteiger partial charge in [-0.15, -0.1) is 11.3 Å². The van der Waals surface area contributed by atoms with Gasteiger partial charge in [0.25, 0.3) is 0 Å². The van der Waals surface area contributed by atoms with Crippen molar-refractivity contribution in [1.82, 2.24) is 9.78 Å². The van der Waals surface area contributed by atoms with E-state index in [0.717, 1.165) is 24.1 Å². The molecule has 2 aromatic rings. The second kappa shape index (κ2) is 4.80. The molecule has 0 saturated heterocycles. The van der Waals surface area contributed by atoms with Crippen LogP contribution < -0.4 is 0 Å². The summed E-state index contributed by atoms with van der Waals surface area (Å²) in [7, 11) is 1.89. The minimum atomic E-state index is -0.407. The van der Waals surface area contributed by atoms with Gasteiger partial charge in [0.1, 0.15) is 0 Å². The van der Waals surface area contributed by atoms with E-state index in [0.29, 0.717) is 0 Å². The second-order valence-corrected chi connectivity index (χ2v) is 4.98. The number of aromatic nitrogens is 2. The summed E-state index contributed by atoms with van der Waals surface area (Å²) in [5.41, 5.74) is 1.98. The maximum absolute atomic E-state index is 10.1. The lowest BCUT2D eigenvalue weighted by Gasteiger charge is -2.09. The van der Waals surface area contributed by atoms with Crippen LogP contribution in [0.5, 0.6) is 0 Å². The smallest absolute Gasteiger partial charge is 0.0826 e. The molecule has 0 bridgehead atoms. The lowest BCUT2D eigenvalue weighted by molar-refractivity contribution is 0.167. The maximum atomic E-state index is 10.1. The minimum absolute atomic E-state index is 0.407. The van der Waals surface area contributed by atoms with E-state index in [1.165, 1.54) is 4.88 Å². The zero-order chi connectivity index (χ0) is 11.5. The number of hydrogen-bond donors (Lipinski definition) is 1. The summed E-state index contributed by atoms with van der Waals surface area (Å²) in [6, 6.07) is 4.15. The van der Waals surface area contributed by atoms with Crippen LogP contribution in [0.15, 0.2) is 23.7 Å². The standard InChI is InChI=1S/C12H16N2OS/c1-9-11(8-13-14(9)2)12(15)6-5-10-4-3-7-16-10/h3-4,7-8,12,15H,5-6H2,1-2H3. The Morgan fingerprint density at radius 2 is 2.38 bits per heavy atom. The van der Waals surface area contributed by atoms with E-state index >= 15 is 0 Å². The molecule has 4 heteroatoms. The van der Waals surface area contributed by atoms with E-state index in [1.807, 2.05) is 20.0 Å². The number of nitrogens with zero attached hydrogens (tertiary/aromatic N) is 2. The normalized spacial score (nSPS) is 12.9. The van der Waals surface area contributed by atoms with Crippen LogP contribution in [-0.2, 0) is 13.5 Å². The molecule has 3 nitrogen and oxygen atoms in total. The Labute approximate surface area is 99.4 Å². The summed E-state index contributed by atoms with van der Waals surface area (Å²) < 4.78 is 1.80. The van der Waals surface area contributed by atoms with Crippen LogP contribution >= 0.6 is 11.3 Å². The third-order valence-electron chi connectivity index (χ3n) is 2.88. The minimum Gasteiger partial charge on any atom is -0.388 e. The second-order valence-electron chi connectivity index (χ2n) is 3.94. The van der Waals surface area contributed by atoms with Crippen molar-refractivity contribution in [1.29, 1.82) is 0 Å². The molecule has 0 aliphatic heterocycles. The third-order valence-corrected chi connectivity index (χ3v) is 3.81. The SMILES string of the molecule is Cc1c(C(O)CCc2cccs2)cnn1C. The van der Waals surface area contributed by atoms with Crippen LogP contribution in [0, 0.1) is 6.92 Å². The molecule has 0 fully saturated rings. The number of aliphatic hydroxyl groups is 1. The van der Waals surface area contributed by atoms with Gasteiger partial charge in [-0.05, 0) is 31.2 Å². The fourth-order valence-electron chi connectivity index (χ4n) is 1.73. The fraction of sp³-hybridized carbons (Fsp3) is 0.417. The summed E-state index contributed by atoms with van der Waals surface area (Å²) in [4.78, 5) is 1.32. The highest BCUT2D eigenvalue weighted by Crippen LogP contribution is 2.22. The van der Waals surface area contributed by atoms with Gasteiger partial charge in [0.2, 0.25) is 0 Å². The van der Waals surface area contributed by atoms with Gasteiger partial charge in [-0.25, -0.2) is 0 Å². The maximum Gasteiger partial charge on any atom is 0.0826 e. The first kappa shape index (κ1) is 11.4. The molecule has 2 heterocycles. The molecule has 0 aromatic carbocycles. The molecule has 0 spiro atoms. The van der Waals surface area contributed by atoms with Crippen molar-refractivity contribution in [2.24, 2.45) is 7.05 Å². The first-order chi connectivity index (χ1) is 7.68. The molecule has 0 saturated carbocycles. The Balaban J connectivity index is 1.98. The summed E-state index contributed by atoms with van der Waals surface area (Å²) in [5, 5.41) is 16.3. The molecule has 86 valence electrons. The predicted octanol–water partition coefficient (Wildman–Crippen LogP) is 2.46. The van der Waals surface area contributed by atoms with Crippen molar-refractivity contribution < 1.29 is 5.11 Å². The molecule has 16 heavy (non-hydrogen) atoms. The van der Waals surface area contributed by atoms with Gasteiger partial charge in [0.05, 0.1) is 12.3 Å². The number of thiophene rings is 1.